The summed E-state index contributed by atoms with van der Waals surface area (Å²) in [6, 6.07) is 0. The van der Waals surface area contributed by atoms with Crippen LogP contribution in [0, 0.1) is 0 Å². The molecule has 0 aromatic carbocycles. The van der Waals surface area contributed by atoms with Crippen LogP contribution in [0.15, 0.2) is 0 Å². The summed E-state index contributed by atoms with van der Waals surface area (Å²) in [7, 11) is -9.74. The summed E-state index contributed by atoms with van der Waals surface area (Å²) in [6.45, 7) is 0. The van der Waals surface area contributed by atoms with E-state index >= 15 is 0 Å². The normalized spacial score (nSPS) is 12.1. The highest BCUT2D eigenvalue weighted by Crippen LogP contribution is 2.05. The molecule has 0 heterocycles. The largest absolute Gasteiger partial charge is 0.543 e. The molecule has 0 rings (SSSR count). The van der Waals surface area contributed by atoms with E-state index in [1.165, 1.54) is 0 Å². The minimum Gasteiger partial charge on any atom is -0.288 e. The van der Waals surface area contributed by atoms with E-state index in [0.717, 1.165) is 0 Å². The van der Waals surface area contributed by atoms with Crippen molar-refractivity contribution in [1.82, 2.24) is 0 Å². The third-order valence-electron chi connectivity index (χ3n) is 0.495. The lowest BCUT2D eigenvalue weighted by molar-refractivity contribution is 0.147. The Morgan fingerprint density at radius 1 is 0.857 bits per heavy atom. The highest BCUT2D eigenvalue weighted by molar-refractivity contribution is 7.84. The Balaban J connectivity index is 4.42. The van der Waals surface area contributed by atoms with Crippen molar-refractivity contribution in [3.63, 3.8) is 0 Å². The topological polar surface area (TPSA) is 122 Å². The molecule has 0 unspecified atom stereocenters. The first-order valence-electron chi connectivity index (χ1n) is 2.25. The summed E-state index contributed by atoms with van der Waals surface area (Å²) in [5, 5.41) is 0. The molecule has 0 aliphatic rings. The Labute approximate surface area is 88.4 Å². The van der Waals surface area contributed by atoms with Crippen LogP contribution in [0.5, 0.6) is 0 Å². The van der Waals surface area contributed by atoms with E-state index in [1.807, 2.05) is 0 Å². The molecule has 0 fully saturated rings. The first-order chi connectivity index (χ1) is 6.22. The fraction of sp³-hybridized carbons (Fsp3) is 0. The lowest BCUT2D eigenvalue weighted by atomic mass is 11.5. The zero-order valence-electron chi connectivity index (χ0n) is 5.75. The predicted octanol–water partition coefficient (Wildman–Crippen LogP) is -0.0300. The minimum absolute atomic E-state index is 2.17. The highest BCUT2D eigenvalue weighted by Gasteiger charge is 2.25. The maximum Gasteiger partial charge on any atom is 0.543 e. The summed E-state index contributed by atoms with van der Waals surface area (Å²) >= 11 is 8.63. The van der Waals surface area contributed by atoms with E-state index in [-0.39, 0.29) is 0 Å². The van der Waals surface area contributed by atoms with E-state index in [0.29, 0.717) is 0 Å². The molecular formula is CCl2O9S2. The van der Waals surface area contributed by atoms with Crippen LogP contribution in [-0.2, 0) is 36.6 Å². The number of hydrogen-bond donors (Lipinski definition) is 0. The van der Waals surface area contributed by atoms with Crippen molar-refractivity contribution in [2.75, 3.05) is 0 Å². The smallest absolute Gasteiger partial charge is 0.288 e. The predicted molar refractivity (Wildman–Crippen MR) is 39.3 cm³/mol. The Bertz CT molecular complexity index is 353. The number of rotatable bonds is 4. The highest BCUT2D eigenvalue weighted by atomic mass is 35.5. The van der Waals surface area contributed by atoms with Gasteiger partial charge in [-0.1, -0.05) is 0 Å². The van der Waals surface area contributed by atoms with E-state index in [1.54, 1.807) is 0 Å². The monoisotopic (exact) mass is 290 g/mol. The van der Waals surface area contributed by atoms with Crippen LogP contribution >= 0.6 is 23.7 Å². The molecule has 0 aliphatic carbocycles. The van der Waals surface area contributed by atoms with Gasteiger partial charge >= 0.3 is 27.0 Å². The average Bonchev–Trinajstić information content (AvgIpc) is 2.02. The molecule has 0 amide bonds. The molecule has 0 aliphatic heterocycles. The molecule has 0 radical (unpaired) electrons. The first-order valence-corrected chi connectivity index (χ1v) is 5.54. The van der Waals surface area contributed by atoms with Crippen LogP contribution in [0.25, 0.3) is 0 Å². The van der Waals surface area contributed by atoms with Gasteiger partial charge in [-0.05, 0) is 0 Å². The van der Waals surface area contributed by atoms with Crippen LogP contribution < -0.4 is 0 Å². The Morgan fingerprint density at radius 3 is 1.36 bits per heavy atom. The number of carbonyl (C=O) groups excluding carboxylic acids is 1. The number of hydrogen-bond acceptors (Lipinski definition) is 9. The quantitative estimate of drug-likeness (QED) is 0.702. The molecule has 0 atom stereocenters. The molecule has 84 valence electrons. The molecule has 0 aromatic rings. The van der Waals surface area contributed by atoms with Gasteiger partial charge in [0.25, 0.3) is 0 Å². The van der Waals surface area contributed by atoms with Gasteiger partial charge in [0.15, 0.2) is 0 Å². The van der Waals surface area contributed by atoms with E-state index in [2.05, 4.69) is 39.6 Å². The third kappa shape index (κ3) is 5.41. The van der Waals surface area contributed by atoms with Gasteiger partial charge in [-0.2, -0.15) is 16.8 Å². The summed E-state index contributed by atoms with van der Waals surface area (Å²) in [4.78, 5) is 10.3. The van der Waals surface area contributed by atoms with E-state index in [4.69, 9.17) is 0 Å². The number of halogens is 2. The van der Waals surface area contributed by atoms with Crippen molar-refractivity contribution in [1.29, 1.82) is 0 Å². The second-order valence-corrected chi connectivity index (χ2v) is 4.33. The van der Waals surface area contributed by atoms with Crippen molar-refractivity contribution >= 4 is 50.7 Å². The Morgan fingerprint density at radius 2 is 1.14 bits per heavy atom. The maximum atomic E-state index is 10.3. The lowest BCUT2D eigenvalue weighted by Gasteiger charge is -2.00. The number of carbonyl (C=O) groups is 1. The third-order valence-corrected chi connectivity index (χ3v) is 2.41. The molecule has 13 heteroatoms. The van der Waals surface area contributed by atoms with Crippen LogP contribution in [0.3, 0.4) is 0 Å². The molecule has 0 bridgehead atoms. The zero-order chi connectivity index (χ0) is 11.4. The molecule has 0 saturated carbocycles. The average molecular weight is 291 g/mol. The van der Waals surface area contributed by atoms with E-state index in [9.17, 15) is 21.6 Å². The molecule has 14 heavy (non-hydrogen) atoms. The maximum absolute atomic E-state index is 10.3. The van der Waals surface area contributed by atoms with Crippen LogP contribution in [0.2, 0.25) is 0 Å². The van der Waals surface area contributed by atoms with Crippen molar-refractivity contribution in [3.8, 4) is 0 Å². The molecule has 0 saturated heterocycles. The second kappa shape index (κ2) is 4.95. The second-order valence-electron chi connectivity index (χ2n) is 1.36. The van der Waals surface area contributed by atoms with Crippen LogP contribution in [0.1, 0.15) is 0 Å². The summed E-state index contributed by atoms with van der Waals surface area (Å²) in [6.07, 6.45) is -2.17. The lowest BCUT2D eigenvalue weighted by Crippen LogP contribution is -2.18. The Hall–Kier alpha value is -0.330. The van der Waals surface area contributed by atoms with Gasteiger partial charge in [0.2, 0.25) is 0 Å². The van der Waals surface area contributed by atoms with Crippen LogP contribution in [-0.4, -0.2) is 23.0 Å². The van der Waals surface area contributed by atoms with Gasteiger partial charge in [0, 0.05) is 0 Å². The molecule has 0 aromatic heterocycles. The van der Waals surface area contributed by atoms with Crippen LogP contribution in [0.4, 0.5) is 4.79 Å². The SMILES string of the molecule is O=C(OS(=O)(=O)OCl)OS(=O)(=O)OCl. The van der Waals surface area contributed by atoms with Crippen molar-refractivity contribution in [3.05, 3.63) is 0 Å². The van der Waals surface area contributed by atoms with Gasteiger partial charge in [-0.15, -0.1) is 7.47 Å². The van der Waals surface area contributed by atoms with E-state index < -0.39 is 27.0 Å². The van der Waals surface area contributed by atoms with Gasteiger partial charge < -0.3 is 0 Å². The van der Waals surface area contributed by atoms with Crippen molar-refractivity contribution < 1.29 is 37.5 Å². The zero-order valence-corrected chi connectivity index (χ0v) is 8.89. The molecular weight excluding hydrogens is 291 g/mol. The summed E-state index contributed by atoms with van der Waals surface area (Å²) < 4.78 is 53.7. The van der Waals surface area contributed by atoms with Gasteiger partial charge in [0.05, 0.1) is 23.7 Å². The van der Waals surface area contributed by atoms with Gasteiger partial charge in [-0.25, -0.2) is 4.79 Å². The van der Waals surface area contributed by atoms with Crippen molar-refractivity contribution in [2.45, 2.75) is 0 Å². The summed E-state index contributed by atoms with van der Waals surface area (Å²) in [5.41, 5.74) is 0. The van der Waals surface area contributed by atoms with Gasteiger partial charge in [-0.3, -0.25) is 8.37 Å². The summed E-state index contributed by atoms with van der Waals surface area (Å²) in [5.74, 6) is 0. The first kappa shape index (κ1) is 13.7. The fourth-order valence-corrected chi connectivity index (χ4v) is 0.856. The van der Waals surface area contributed by atoms with Gasteiger partial charge in [0.1, 0.15) is 0 Å². The molecule has 0 N–H and O–H groups in total. The minimum atomic E-state index is -4.87. The van der Waals surface area contributed by atoms with Crippen molar-refractivity contribution in [2.24, 2.45) is 0 Å². The fourth-order valence-electron chi connectivity index (χ4n) is 0.206. The molecule has 0 spiro atoms. The Kier molecular flexibility index (Phi) is 4.83. The standard InChI is InChI=1S/CCl2O9S2/c2-11-13(5,6)9-1(4)10-14(7,8)12-3. The molecule has 9 nitrogen and oxygen atoms in total.